The van der Waals surface area contributed by atoms with Crippen LogP contribution in [0.4, 0.5) is 0 Å². The highest BCUT2D eigenvalue weighted by Gasteiger charge is 2.44. The highest BCUT2D eigenvalue weighted by Crippen LogP contribution is 2.62. The number of benzene rings is 2. The van der Waals surface area contributed by atoms with Crippen LogP contribution in [0.1, 0.15) is 45.7 Å². The second-order valence-electron chi connectivity index (χ2n) is 8.90. The summed E-state index contributed by atoms with van der Waals surface area (Å²) in [5.74, 6) is 3.45. The van der Waals surface area contributed by atoms with Crippen LogP contribution in [0.5, 0.6) is 17.2 Å². The number of methoxy groups -OCH3 is 2. The second kappa shape index (κ2) is 7.59. The number of ether oxygens (including phenoxy) is 3. The number of aryl methyl sites for hydroxylation is 2. The fourth-order valence-corrected chi connectivity index (χ4v) is 7.57. The van der Waals surface area contributed by atoms with E-state index in [9.17, 15) is 0 Å². The molecule has 2 aromatic carbocycles. The van der Waals surface area contributed by atoms with Crippen molar-refractivity contribution in [3.63, 3.8) is 0 Å². The summed E-state index contributed by atoms with van der Waals surface area (Å²) >= 11 is 0. The topological polar surface area (TPSA) is 27.7 Å². The Balaban J connectivity index is 2.37. The predicted molar refractivity (Wildman–Crippen MR) is 120 cm³/mol. The fourth-order valence-electron chi connectivity index (χ4n) is 4.25. The predicted octanol–water partition coefficient (Wildman–Crippen LogP) is 6.27. The van der Waals surface area contributed by atoms with E-state index in [0.29, 0.717) is 5.92 Å². The smallest absolute Gasteiger partial charge is 0.133 e. The summed E-state index contributed by atoms with van der Waals surface area (Å²) in [6, 6.07) is 8.53. The van der Waals surface area contributed by atoms with Crippen molar-refractivity contribution in [2.45, 2.75) is 59.5 Å². The van der Waals surface area contributed by atoms with Crippen molar-refractivity contribution < 1.29 is 14.2 Å². The molecule has 2 aromatic rings. The van der Waals surface area contributed by atoms with Crippen molar-refractivity contribution in [3.05, 3.63) is 35.4 Å². The van der Waals surface area contributed by atoms with Crippen molar-refractivity contribution >= 4 is 13.2 Å². The molecule has 1 aliphatic rings. The maximum absolute atomic E-state index is 6.52. The van der Waals surface area contributed by atoms with Crippen molar-refractivity contribution in [1.29, 1.82) is 0 Å². The van der Waals surface area contributed by atoms with Gasteiger partial charge in [-0.25, -0.2) is 0 Å². The summed E-state index contributed by atoms with van der Waals surface area (Å²) in [6.45, 7) is 15.7. The average molecular weight is 400 g/mol. The maximum atomic E-state index is 6.52. The molecule has 28 heavy (non-hydrogen) atoms. The lowest BCUT2D eigenvalue weighted by Gasteiger charge is -2.34. The number of fused-ring (bicyclic) bond motifs is 1. The highest BCUT2D eigenvalue weighted by molar-refractivity contribution is 7.68. The first-order valence-corrected chi connectivity index (χ1v) is 11.3. The maximum Gasteiger partial charge on any atom is 0.133 e. The molecule has 0 spiro atoms. The summed E-state index contributed by atoms with van der Waals surface area (Å²) < 4.78 is 18.3. The third kappa shape index (κ3) is 3.39. The second-order valence-corrected chi connectivity index (χ2v) is 11.9. The quantitative estimate of drug-likeness (QED) is 0.566. The summed E-state index contributed by atoms with van der Waals surface area (Å²) in [4.78, 5) is 0. The fraction of sp³-hybridized carbons (Fsp3) is 0.500. The third-order valence-corrected chi connectivity index (χ3v) is 8.92. The molecule has 3 rings (SSSR count). The van der Waals surface area contributed by atoms with E-state index in [2.05, 4.69) is 72.7 Å². The Kier molecular flexibility index (Phi) is 5.69. The zero-order chi connectivity index (χ0) is 20.8. The van der Waals surface area contributed by atoms with E-state index in [0.717, 1.165) is 33.9 Å². The molecule has 0 N–H and O–H groups in total. The standard InChI is InChI=1S/C24H33O3P/c1-14(2)23-27-18-12-10-11-17(22(18)28(23)24(5,6)7)19-20(25-8)15(3)13-16(4)21(19)26-9/h10-14,23H,1-9H3/t23-,28?/m0/s1. The van der Waals surface area contributed by atoms with Crippen LogP contribution in [0.15, 0.2) is 24.3 Å². The summed E-state index contributed by atoms with van der Waals surface area (Å²) in [6.07, 6.45) is 0. The van der Waals surface area contributed by atoms with Gasteiger partial charge in [-0.2, -0.15) is 0 Å². The van der Waals surface area contributed by atoms with Gasteiger partial charge >= 0.3 is 0 Å². The minimum absolute atomic E-state index is 0.130. The van der Waals surface area contributed by atoms with Crippen LogP contribution in [0, 0.1) is 19.8 Å². The molecule has 0 fully saturated rings. The first-order valence-electron chi connectivity index (χ1n) is 9.93. The lowest BCUT2D eigenvalue weighted by atomic mass is 9.97. The Morgan fingerprint density at radius 2 is 1.57 bits per heavy atom. The molecule has 0 aromatic heterocycles. The van der Waals surface area contributed by atoms with Gasteiger partial charge in [0.05, 0.1) is 19.8 Å². The first-order chi connectivity index (χ1) is 13.1. The SMILES string of the molecule is COc1c(C)cc(C)c(OC)c1-c1cccc2c1P(C(C)(C)C)[C@@H](C(C)C)O2. The molecule has 4 heteroatoms. The van der Waals surface area contributed by atoms with Crippen molar-refractivity contribution in [1.82, 2.24) is 0 Å². The molecule has 3 nitrogen and oxygen atoms in total. The van der Waals surface area contributed by atoms with E-state index < -0.39 is 7.92 Å². The number of hydrogen-bond acceptors (Lipinski definition) is 3. The zero-order valence-corrected chi connectivity index (χ0v) is 19.5. The molecule has 1 unspecified atom stereocenters. The molecule has 152 valence electrons. The van der Waals surface area contributed by atoms with Gasteiger partial charge in [-0.3, -0.25) is 0 Å². The molecule has 0 saturated heterocycles. The van der Waals surface area contributed by atoms with Gasteiger partial charge in [-0.15, -0.1) is 0 Å². The lowest BCUT2D eigenvalue weighted by molar-refractivity contribution is 0.240. The van der Waals surface area contributed by atoms with E-state index in [4.69, 9.17) is 14.2 Å². The molecular weight excluding hydrogens is 367 g/mol. The number of rotatable bonds is 4. The Morgan fingerprint density at radius 3 is 2.04 bits per heavy atom. The molecule has 0 saturated carbocycles. The monoisotopic (exact) mass is 400 g/mol. The largest absolute Gasteiger partial charge is 0.496 e. The van der Waals surface area contributed by atoms with Crippen LogP contribution in [0.25, 0.3) is 11.1 Å². The van der Waals surface area contributed by atoms with Gasteiger partial charge in [-0.1, -0.05) is 46.8 Å². The van der Waals surface area contributed by atoms with Gasteiger partial charge in [0.2, 0.25) is 0 Å². The molecule has 1 aliphatic heterocycles. The normalized spacial score (nSPS) is 18.8. The summed E-state index contributed by atoms with van der Waals surface area (Å²) in [5, 5.41) is 1.47. The van der Waals surface area contributed by atoms with Gasteiger partial charge in [0, 0.05) is 10.9 Å². The third-order valence-electron chi connectivity index (χ3n) is 5.32. The molecule has 0 amide bonds. The van der Waals surface area contributed by atoms with Crippen molar-refractivity contribution in [2.75, 3.05) is 14.2 Å². The van der Waals surface area contributed by atoms with Crippen LogP contribution in [-0.2, 0) is 0 Å². The average Bonchev–Trinajstić information content (AvgIpc) is 3.01. The minimum atomic E-state index is -0.537. The summed E-state index contributed by atoms with van der Waals surface area (Å²) in [7, 11) is 2.94. The van der Waals surface area contributed by atoms with Crippen molar-refractivity contribution in [3.8, 4) is 28.4 Å². The molecule has 0 bridgehead atoms. The Labute approximate surface area is 171 Å². The van der Waals surface area contributed by atoms with Gasteiger partial charge in [0.15, 0.2) is 0 Å². The van der Waals surface area contributed by atoms with Crippen LogP contribution >= 0.6 is 7.92 Å². The molecule has 0 aliphatic carbocycles. The van der Waals surface area contributed by atoms with Crippen LogP contribution in [0.2, 0.25) is 0 Å². The summed E-state index contributed by atoms with van der Waals surface area (Å²) in [5.41, 5.74) is 4.46. The van der Waals surface area contributed by atoms with E-state index in [1.165, 1.54) is 10.9 Å². The van der Waals surface area contributed by atoms with Gasteiger partial charge in [-0.05, 0) is 56.1 Å². The Morgan fingerprint density at radius 1 is 1.00 bits per heavy atom. The van der Waals surface area contributed by atoms with E-state index >= 15 is 0 Å². The Hall–Kier alpha value is -1.73. The molecule has 1 heterocycles. The van der Waals surface area contributed by atoms with Gasteiger partial charge < -0.3 is 14.2 Å². The van der Waals surface area contributed by atoms with Gasteiger partial charge in [0.1, 0.15) is 23.1 Å². The van der Waals surface area contributed by atoms with Crippen LogP contribution < -0.4 is 19.5 Å². The molecular formula is C24H33O3P. The minimum Gasteiger partial charge on any atom is -0.496 e. The van der Waals surface area contributed by atoms with Crippen LogP contribution in [0.3, 0.4) is 0 Å². The molecule has 0 radical (unpaired) electrons. The van der Waals surface area contributed by atoms with E-state index in [-0.39, 0.29) is 11.0 Å². The first kappa shape index (κ1) is 21.0. The van der Waals surface area contributed by atoms with Gasteiger partial charge in [0.25, 0.3) is 0 Å². The van der Waals surface area contributed by atoms with E-state index in [1.807, 2.05) is 0 Å². The molecule has 2 atom stereocenters. The zero-order valence-electron chi connectivity index (χ0n) is 18.6. The number of hydrogen-bond donors (Lipinski definition) is 0. The lowest BCUT2D eigenvalue weighted by Crippen LogP contribution is -2.28. The van der Waals surface area contributed by atoms with Crippen molar-refractivity contribution in [2.24, 2.45) is 5.92 Å². The van der Waals surface area contributed by atoms with E-state index in [1.54, 1.807) is 14.2 Å². The highest BCUT2D eigenvalue weighted by atomic mass is 31.1. The van der Waals surface area contributed by atoms with Crippen LogP contribution in [-0.4, -0.2) is 25.2 Å². The Bertz CT molecular complexity index is 852.